The van der Waals surface area contributed by atoms with Crippen LogP contribution < -0.4 is 10.9 Å². The molecule has 6 nitrogen and oxygen atoms in total. The average molecular weight is 528 g/mol. The van der Waals surface area contributed by atoms with Gasteiger partial charge in [-0.2, -0.15) is 0 Å². The summed E-state index contributed by atoms with van der Waals surface area (Å²) >= 11 is 1.25. The number of hydrogen-bond donors (Lipinski definition) is 1. The number of carbonyl (C=O) groups is 2. The molecule has 0 saturated carbocycles. The SMILES string of the molecule is Cc1cc(C)cc(-n2c(SC(C)C(=O)c3ccc(C)c(C)c3)nc3cc(C(=O)NC(C)C)ccc3c2=O)c1. The summed E-state index contributed by atoms with van der Waals surface area (Å²) in [5.41, 5.74) is 6.13. The van der Waals surface area contributed by atoms with Gasteiger partial charge in [-0.25, -0.2) is 4.98 Å². The number of aryl methyl sites for hydroxylation is 4. The van der Waals surface area contributed by atoms with E-state index in [-0.39, 0.29) is 23.3 Å². The van der Waals surface area contributed by atoms with Crippen LogP contribution >= 0.6 is 11.8 Å². The number of fused-ring (bicyclic) bond motifs is 1. The van der Waals surface area contributed by atoms with Crippen molar-refractivity contribution in [3.8, 4) is 5.69 Å². The maximum atomic E-state index is 13.9. The van der Waals surface area contributed by atoms with Gasteiger partial charge in [0, 0.05) is 17.2 Å². The molecule has 0 aliphatic heterocycles. The van der Waals surface area contributed by atoms with Crippen LogP contribution in [-0.2, 0) is 0 Å². The minimum Gasteiger partial charge on any atom is -0.350 e. The molecule has 3 aromatic carbocycles. The molecule has 1 aromatic heterocycles. The second kappa shape index (κ2) is 11.0. The predicted molar refractivity (Wildman–Crippen MR) is 155 cm³/mol. The molecule has 38 heavy (non-hydrogen) atoms. The summed E-state index contributed by atoms with van der Waals surface area (Å²) in [7, 11) is 0. The maximum absolute atomic E-state index is 13.9. The Labute approximate surface area is 227 Å². The van der Waals surface area contributed by atoms with E-state index in [9.17, 15) is 14.4 Å². The molecule has 0 radical (unpaired) electrons. The zero-order valence-electron chi connectivity index (χ0n) is 22.9. The highest BCUT2D eigenvalue weighted by atomic mass is 32.2. The van der Waals surface area contributed by atoms with Crippen LogP contribution in [0.4, 0.5) is 0 Å². The summed E-state index contributed by atoms with van der Waals surface area (Å²) < 4.78 is 1.57. The molecule has 196 valence electrons. The number of benzene rings is 3. The number of Topliss-reactive ketones (excluding diaryl/α,β-unsaturated/α-hetero) is 1. The number of carbonyl (C=O) groups excluding carboxylic acids is 2. The Kier molecular flexibility index (Phi) is 7.88. The second-order valence-corrected chi connectivity index (χ2v) is 11.5. The number of rotatable bonds is 7. The van der Waals surface area contributed by atoms with Gasteiger partial charge in [-0.3, -0.25) is 19.0 Å². The van der Waals surface area contributed by atoms with Crippen molar-refractivity contribution in [3.63, 3.8) is 0 Å². The summed E-state index contributed by atoms with van der Waals surface area (Å²) in [6.45, 7) is 13.6. The van der Waals surface area contributed by atoms with Crippen LogP contribution in [0.2, 0.25) is 0 Å². The lowest BCUT2D eigenvalue weighted by Crippen LogP contribution is -2.30. The predicted octanol–water partition coefficient (Wildman–Crippen LogP) is 6.12. The highest BCUT2D eigenvalue weighted by Crippen LogP contribution is 2.28. The normalized spacial score (nSPS) is 12.1. The van der Waals surface area contributed by atoms with Gasteiger partial charge in [-0.15, -0.1) is 0 Å². The van der Waals surface area contributed by atoms with E-state index >= 15 is 0 Å². The zero-order chi connectivity index (χ0) is 27.7. The third kappa shape index (κ3) is 5.73. The van der Waals surface area contributed by atoms with Crippen LogP contribution in [0.15, 0.2) is 64.5 Å². The van der Waals surface area contributed by atoms with Crippen molar-refractivity contribution in [2.45, 2.75) is 64.9 Å². The Hall–Kier alpha value is -3.71. The lowest BCUT2D eigenvalue weighted by atomic mass is 10.0. The van der Waals surface area contributed by atoms with E-state index in [1.165, 1.54) is 11.8 Å². The highest BCUT2D eigenvalue weighted by molar-refractivity contribution is 8.00. The lowest BCUT2D eigenvalue weighted by Gasteiger charge is -2.17. The van der Waals surface area contributed by atoms with Crippen LogP contribution in [0, 0.1) is 27.7 Å². The number of aromatic nitrogens is 2. The molecule has 1 atom stereocenters. The van der Waals surface area contributed by atoms with E-state index in [0.29, 0.717) is 32.9 Å². The average Bonchev–Trinajstić information content (AvgIpc) is 2.84. The van der Waals surface area contributed by atoms with Gasteiger partial charge in [0.25, 0.3) is 11.5 Å². The molecule has 0 bridgehead atoms. The first kappa shape index (κ1) is 27.3. The standard InChI is InChI=1S/C31H33N3O3S/c1-17(2)32-29(36)24-10-11-26-27(16-24)33-31(34(30(26)37)25-13-18(3)12-19(4)14-25)38-22(7)28(35)23-9-8-20(5)21(6)15-23/h8-17,22H,1-7H3,(H,32,36). The van der Waals surface area contributed by atoms with Crippen molar-refractivity contribution in [1.82, 2.24) is 14.9 Å². The molecule has 1 N–H and O–H groups in total. The van der Waals surface area contributed by atoms with Crippen molar-refractivity contribution >= 4 is 34.4 Å². The fraction of sp³-hybridized carbons (Fsp3) is 0.290. The molecule has 1 amide bonds. The van der Waals surface area contributed by atoms with Crippen LogP contribution in [0.3, 0.4) is 0 Å². The third-order valence-corrected chi connectivity index (χ3v) is 7.48. The Bertz CT molecular complexity index is 1600. The minimum absolute atomic E-state index is 0.0212. The van der Waals surface area contributed by atoms with Gasteiger partial charge in [-0.1, -0.05) is 30.0 Å². The van der Waals surface area contributed by atoms with Crippen LogP contribution in [-0.4, -0.2) is 32.5 Å². The molecular weight excluding hydrogens is 494 g/mol. The number of nitrogens with zero attached hydrogens (tertiary/aromatic N) is 2. The maximum Gasteiger partial charge on any atom is 0.266 e. The van der Waals surface area contributed by atoms with Crippen LogP contribution in [0.5, 0.6) is 0 Å². The molecule has 0 saturated heterocycles. The highest BCUT2D eigenvalue weighted by Gasteiger charge is 2.22. The van der Waals surface area contributed by atoms with E-state index in [4.69, 9.17) is 4.98 Å². The summed E-state index contributed by atoms with van der Waals surface area (Å²) in [5.74, 6) is -0.265. The Morgan fingerprint density at radius 3 is 2.13 bits per heavy atom. The Morgan fingerprint density at radius 1 is 0.842 bits per heavy atom. The number of thioether (sulfide) groups is 1. The minimum atomic E-state index is -0.494. The van der Waals surface area contributed by atoms with Gasteiger partial charge in [0.2, 0.25) is 0 Å². The summed E-state index contributed by atoms with van der Waals surface area (Å²) in [6, 6.07) is 16.5. The Balaban J connectivity index is 1.85. The van der Waals surface area contributed by atoms with Gasteiger partial charge >= 0.3 is 0 Å². The molecule has 0 fully saturated rings. The molecule has 0 aliphatic rings. The largest absolute Gasteiger partial charge is 0.350 e. The Morgan fingerprint density at radius 2 is 1.50 bits per heavy atom. The fourth-order valence-electron chi connectivity index (χ4n) is 4.38. The summed E-state index contributed by atoms with van der Waals surface area (Å²) in [4.78, 5) is 44.7. The molecule has 1 unspecified atom stereocenters. The van der Waals surface area contributed by atoms with Crippen molar-refractivity contribution < 1.29 is 9.59 Å². The molecule has 1 heterocycles. The van der Waals surface area contributed by atoms with E-state index in [2.05, 4.69) is 5.32 Å². The molecule has 0 spiro atoms. The van der Waals surface area contributed by atoms with E-state index in [1.807, 2.05) is 84.9 Å². The molecule has 0 aliphatic carbocycles. The monoisotopic (exact) mass is 527 g/mol. The first-order valence-corrected chi connectivity index (χ1v) is 13.6. The topological polar surface area (TPSA) is 81.1 Å². The van der Waals surface area contributed by atoms with Gasteiger partial charge in [0.15, 0.2) is 10.9 Å². The smallest absolute Gasteiger partial charge is 0.266 e. The van der Waals surface area contributed by atoms with Gasteiger partial charge in [0.05, 0.1) is 21.8 Å². The lowest BCUT2D eigenvalue weighted by molar-refractivity contribution is 0.0942. The first-order chi connectivity index (χ1) is 17.9. The molecule has 7 heteroatoms. The number of nitrogens with one attached hydrogen (secondary N) is 1. The quantitative estimate of drug-likeness (QED) is 0.178. The van der Waals surface area contributed by atoms with Gasteiger partial charge in [-0.05, 0) is 107 Å². The van der Waals surface area contributed by atoms with Crippen molar-refractivity contribution in [2.24, 2.45) is 0 Å². The summed E-state index contributed by atoms with van der Waals surface area (Å²) in [6.07, 6.45) is 0. The van der Waals surface area contributed by atoms with Gasteiger partial charge < -0.3 is 5.32 Å². The van der Waals surface area contributed by atoms with Crippen LogP contribution in [0.1, 0.15) is 63.7 Å². The number of hydrogen-bond acceptors (Lipinski definition) is 5. The fourth-order valence-corrected chi connectivity index (χ4v) is 5.38. The number of ketones is 1. The van der Waals surface area contributed by atoms with E-state index in [0.717, 1.165) is 22.3 Å². The van der Waals surface area contributed by atoms with Gasteiger partial charge in [0.1, 0.15) is 0 Å². The first-order valence-electron chi connectivity index (χ1n) is 12.7. The second-order valence-electron chi connectivity index (χ2n) is 10.2. The van der Waals surface area contributed by atoms with E-state index in [1.54, 1.807) is 22.8 Å². The molecular formula is C31H33N3O3S. The number of amides is 1. The van der Waals surface area contributed by atoms with Crippen molar-refractivity contribution in [2.75, 3.05) is 0 Å². The molecule has 4 aromatic rings. The third-order valence-electron chi connectivity index (χ3n) is 6.43. The van der Waals surface area contributed by atoms with Crippen molar-refractivity contribution in [1.29, 1.82) is 0 Å². The molecule has 4 rings (SSSR count). The summed E-state index contributed by atoms with van der Waals surface area (Å²) in [5, 5.41) is 3.19. The van der Waals surface area contributed by atoms with E-state index < -0.39 is 5.25 Å². The van der Waals surface area contributed by atoms with Crippen molar-refractivity contribution in [3.05, 3.63) is 98.3 Å². The zero-order valence-corrected chi connectivity index (χ0v) is 23.7. The van der Waals surface area contributed by atoms with Crippen LogP contribution in [0.25, 0.3) is 16.6 Å².